The van der Waals surface area contributed by atoms with Gasteiger partial charge in [0.05, 0.1) is 0 Å². The van der Waals surface area contributed by atoms with Crippen LogP contribution in [-0.4, -0.2) is 9.97 Å². The minimum absolute atomic E-state index is 0.149. The summed E-state index contributed by atoms with van der Waals surface area (Å²) in [6, 6.07) is 20.9. The van der Waals surface area contributed by atoms with Gasteiger partial charge in [-0.2, -0.15) is 4.98 Å². The molecule has 4 heteroatoms. The van der Waals surface area contributed by atoms with Gasteiger partial charge in [-0.05, 0) is 30.9 Å². The van der Waals surface area contributed by atoms with Gasteiger partial charge in [0.1, 0.15) is 5.82 Å². The number of nitrogens with two attached hydrogens (primary N) is 1. The Bertz CT molecular complexity index is 772. The molecule has 1 aromatic heterocycles. The Morgan fingerprint density at radius 2 is 1.62 bits per heavy atom. The molecule has 0 amide bonds. The lowest BCUT2D eigenvalue weighted by molar-refractivity contribution is 0.855. The van der Waals surface area contributed by atoms with E-state index in [2.05, 4.69) is 58.6 Å². The molecule has 0 saturated carbocycles. The Kier molecular flexibility index (Phi) is 5.06. The maximum atomic E-state index is 5.79. The first kappa shape index (κ1) is 16.0. The van der Waals surface area contributed by atoms with E-state index in [4.69, 9.17) is 5.73 Å². The standard InChI is InChI=1S/C20H22N4/c1-15(17-10-6-3-7-11-17)23-19-18(14-22-20(21)24-19)13-12-16-8-4-2-5-9-16/h2-11,14-15H,12-13H2,1H3,(H3,21,22,23,24)/t15-/m1/s1. The summed E-state index contributed by atoms with van der Waals surface area (Å²) in [5.74, 6) is 1.11. The molecule has 24 heavy (non-hydrogen) atoms. The zero-order chi connectivity index (χ0) is 16.8. The smallest absolute Gasteiger partial charge is 0.221 e. The second-order valence-electron chi connectivity index (χ2n) is 5.86. The number of aryl methyl sites for hydroxylation is 2. The molecule has 3 N–H and O–H groups in total. The predicted octanol–water partition coefficient (Wildman–Crippen LogP) is 4.02. The normalized spacial score (nSPS) is 11.9. The van der Waals surface area contributed by atoms with Gasteiger partial charge in [-0.1, -0.05) is 60.7 Å². The van der Waals surface area contributed by atoms with Crippen molar-refractivity contribution in [1.82, 2.24) is 9.97 Å². The van der Waals surface area contributed by atoms with Crippen molar-refractivity contribution in [2.24, 2.45) is 0 Å². The van der Waals surface area contributed by atoms with E-state index in [1.54, 1.807) is 0 Å². The third-order valence-electron chi connectivity index (χ3n) is 4.06. The Labute approximate surface area is 142 Å². The van der Waals surface area contributed by atoms with Crippen molar-refractivity contribution in [3.05, 3.63) is 83.6 Å². The van der Waals surface area contributed by atoms with Crippen LogP contribution in [0.4, 0.5) is 11.8 Å². The summed E-state index contributed by atoms with van der Waals surface area (Å²) in [6.45, 7) is 2.12. The molecule has 0 unspecified atom stereocenters. The average Bonchev–Trinajstić information content (AvgIpc) is 2.62. The molecule has 1 atom stereocenters. The quantitative estimate of drug-likeness (QED) is 0.720. The second-order valence-corrected chi connectivity index (χ2v) is 5.86. The predicted molar refractivity (Wildman–Crippen MR) is 98.8 cm³/mol. The van der Waals surface area contributed by atoms with Crippen LogP contribution in [0.25, 0.3) is 0 Å². The summed E-state index contributed by atoms with van der Waals surface area (Å²) in [5, 5.41) is 3.47. The molecular weight excluding hydrogens is 296 g/mol. The topological polar surface area (TPSA) is 63.8 Å². The zero-order valence-corrected chi connectivity index (χ0v) is 13.8. The van der Waals surface area contributed by atoms with Crippen LogP contribution in [-0.2, 0) is 12.8 Å². The summed E-state index contributed by atoms with van der Waals surface area (Å²) in [4.78, 5) is 8.57. The van der Waals surface area contributed by atoms with Gasteiger partial charge in [0.15, 0.2) is 0 Å². The number of anilines is 2. The molecule has 0 saturated heterocycles. The van der Waals surface area contributed by atoms with E-state index in [0.717, 1.165) is 24.2 Å². The molecule has 1 heterocycles. The molecule has 4 nitrogen and oxygen atoms in total. The third-order valence-corrected chi connectivity index (χ3v) is 4.06. The van der Waals surface area contributed by atoms with E-state index in [-0.39, 0.29) is 6.04 Å². The van der Waals surface area contributed by atoms with Gasteiger partial charge in [-0.3, -0.25) is 0 Å². The van der Waals surface area contributed by atoms with Crippen LogP contribution in [0.2, 0.25) is 0 Å². The fourth-order valence-corrected chi connectivity index (χ4v) is 2.68. The van der Waals surface area contributed by atoms with Crippen LogP contribution in [0.3, 0.4) is 0 Å². The van der Waals surface area contributed by atoms with Gasteiger partial charge >= 0.3 is 0 Å². The number of nitrogen functional groups attached to an aromatic ring is 1. The SMILES string of the molecule is C[C@@H](Nc1nc(N)ncc1CCc1ccccc1)c1ccccc1. The number of hydrogen-bond acceptors (Lipinski definition) is 4. The molecule has 0 fully saturated rings. The van der Waals surface area contributed by atoms with Crippen LogP contribution >= 0.6 is 0 Å². The maximum Gasteiger partial charge on any atom is 0.221 e. The molecule has 3 rings (SSSR count). The largest absolute Gasteiger partial charge is 0.368 e. The van der Waals surface area contributed by atoms with Gasteiger partial charge in [0, 0.05) is 17.8 Å². The van der Waals surface area contributed by atoms with E-state index >= 15 is 0 Å². The highest BCUT2D eigenvalue weighted by molar-refractivity contribution is 5.48. The molecule has 0 aliphatic heterocycles. The van der Waals surface area contributed by atoms with Crippen molar-refractivity contribution in [2.75, 3.05) is 11.1 Å². The van der Waals surface area contributed by atoms with Crippen molar-refractivity contribution in [1.29, 1.82) is 0 Å². The number of hydrogen-bond donors (Lipinski definition) is 2. The fraction of sp³-hybridized carbons (Fsp3) is 0.200. The van der Waals surface area contributed by atoms with Gasteiger partial charge in [0.2, 0.25) is 5.95 Å². The molecule has 2 aromatic carbocycles. The highest BCUT2D eigenvalue weighted by Gasteiger charge is 2.11. The molecule has 0 bridgehead atoms. The lowest BCUT2D eigenvalue weighted by atomic mass is 10.0. The molecular formula is C20H22N4. The molecule has 3 aromatic rings. The summed E-state index contributed by atoms with van der Waals surface area (Å²) < 4.78 is 0. The number of rotatable bonds is 6. The molecule has 0 aliphatic rings. The lowest BCUT2D eigenvalue weighted by Crippen LogP contribution is -2.12. The number of nitrogens with one attached hydrogen (secondary N) is 1. The van der Waals surface area contributed by atoms with Crippen molar-refractivity contribution < 1.29 is 0 Å². The first-order valence-electron chi connectivity index (χ1n) is 8.19. The summed E-state index contributed by atoms with van der Waals surface area (Å²) in [6.07, 6.45) is 3.64. The highest BCUT2D eigenvalue weighted by Crippen LogP contribution is 2.22. The minimum Gasteiger partial charge on any atom is -0.368 e. The van der Waals surface area contributed by atoms with Crippen molar-refractivity contribution in [3.8, 4) is 0 Å². The summed E-state index contributed by atoms with van der Waals surface area (Å²) >= 11 is 0. The monoisotopic (exact) mass is 318 g/mol. The maximum absolute atomic E-state index is 5.79. The summed E-state index contributed by atoms with van der Waals surface area (Å²) in [5.41, 5.74) is 9.38. The van der Waals surface area contributed by atoms with E-state index < -0.39 is 0 Å². The average molecular weight is 318 g/mol. The Morgan fingerprint density at radius 3 is 2.33 bits per heavy atom. The fourth-order valence-electron chi connectivity index (χ4n) is 2.68. The Hall–Kier alpha value is -2.88. The van der Waals surface area contributed by atoms with Crippen molar-refractivity contribution in [2.45, 2.75) is 25.8 Å². The zero-order valence-electron chi connectivity index (χ0n) is 13.8. The highest BCUT2D eigenvalue weighted by atomic mass is 15.1. The molecule has 0 aliphatic carbocycles. The van der Waals surface area contributed by atoms with E-state index in [1.165, 1.54) is 11.1 Å². The molecule has 0 spiro atoms. The minimum atomic E-state index is 0.149. The third kappa shape index (κ3) is 4.10. The van der Waals surface area contributed by atoms with Crippen LogP contribution < -0.4 is 11.1 Å². The first-order chi connectivity index (χ1) is 11.7. The van der Waals surface area contributed by atoms with Crippen LogP contribution in [0.15, 0.2) is 66.9 Å². The van der Waals surface area contributed by atoms with E-state index in [0.29, 0.717) is 5.95 Å². The van der Waals surface area contributed by atoms with Gasteiger partial charge < -0.3 is 11.1 Å². The summed E-state index contributed by atoms with van der Waals surface area (Å²) in [7, 11) is 0. The van der Waals surface area contributed by atoms with Gasteiger partial charge in [-0.25, -0.2) is 4.98 Å². The van der Waals surface area contributed by atoms with E-state index in [9.17, 15) is 0 Å². The van der Waals surface area contributed by atoms with Gasteiger partial charge in [0.25, 0.3) is 0 Å². The molecule has 0 radical (unpaired) electrons. The van der Waals surface area contributed by atoms with Crippen LogP contribution in [0.1, 0.15) is 29.7 Å². The van der Waals surface area contributed by atoms with Crippen molar-refractivity contribution >= 4 is 11.8 Å². The molecule has 122 valence electrons. The Morgan fingerprint density at radius 1 is 0.958 bits per heavy atom. The van der Waals surface area contributed by atoms with Gasteiger partial charge in [-0.15, -0.1) is 0 Å². The first-order valence-corrected chi connectivity index (χ1v) is 8.19. The van der Waals surface area contributed by atoms with Crippen LogP contribution in [0.5, 0.6) is 0 Å². The van der Waals surface area contributed by atoms with Crippen LogP contribution in [0, 0.1) is 0 Å². The van der Waals surface area contributed by atoms with E-state index in [1.807, 2.05) is 30.5 Å². The number of aromatic nitrogens is 2. The number of nitrogens with zero attached hydrogens (tertiary/aromatic N) is 2. The number of benzene rings is 2. The lowest BCUT2D eigenvalue weighted by Gasteiger charge is -2.17. The second kappa shape index (κ2) is 7.59. The van der Waals surface area contributed by atoms with Crippen molar-refractivity contribution in [3.63, 3.8) is 0 Å². The Balaban J connectivity index is 1.75.